The molecule has 0 aliphatic heterocycles. The first-order valence-corrected chi connectivity index (χ1v) is 10.6. The minimum Gasteiger partial charge on any atom is -0.365 e. The third-order valence-corrected chi connectivity index (χ3v) is 5.65. The van der Waals surface area contributed by atoms with Gasteiger partial charge in [-0.1, -0.05) is 71.4 Å². The number of allylic oxidation sites excluding steroid dienone is 4. The Labute approximate surface area is 197 Å². The van der Waals surface area contributed by atoms with Crippen LogP contribution in [0.4, 0.5) is 0 Å². The van der Waals surface area contributed by atoms with E-state index < -0.39 is 11.8 Å². The Morgan fingerprint density at radius 3 is 1.30 bits per heavy atom. The highest BCUT2D eigenvalue weighted by Crippen LogP contribution is 2.39. The number of aryl methyl sites for hydroxylation is 2. The van der Waals surface area contributed by atoms with Gasteiger partial charge in [0.15, 0.2) is 0 Å². The molecule has 0 spiro atoms. The number of thioether (sulfide) groups is 1. The Bertz CT molecular complexity index is 1150. The number of primary amides is 2. The van der Waals surface area contributed by atoms with Crippen LogP contribution in [-0.2, 0) is 9.59 Å². The zero-order chi connectivity index (χ0) is 24.4. The lowest BCUT2D eigenvalue weighted by atomic mass is 10.1. The van der Waals surface area contributed by atoms with Crippen molar-refractivity contribution in [1.82, 2.24) is 0 Å². The van der Waals surface area contributed by atoms with Crippen LogP contribution in [-0.4, -0.2) is 11.8 Å². The summed E-state index contributed by atoms with van der Waals surface area (Å²) in [5, 5.41) is 18.4. The number of carbonyl (C=O) groups is 2. The van der Waals surface area contributed by atoms with Crippen LogP contribution in [0.3, 0.4) is 0 Å². The molecule has 0 saturated heterocycles. The Morgan fingerprint density at radius 1 is 0.697 bits per heavy atom. The van der Waals surface area contributed by atoms with Crippen molar-refractivity contribution < 1.29 is 9.59 Å². The fourth-order valence-corrected chi connectivity index (χ4v) is 3.62. The number of rotatable bonds is 8. The second-order valence-corrected chi connectivity index (χ2v) is 8.09. The van der Waals surface area contributed by atoms with Crippen LogP contribution in [0.15, 0.2) is 84.0 Å². The van der Waals surface area contributed by atoms with Crippen molar-refractivity contribution in [1.29, 1.82) is 10.5 Å². The van der Waals surface area contributed by atoms with Gasteiger partial charge in [0.25, 0.3) is 11.8 Å². The van der Waals surface area contributed by atoms with Gasteiger partial charge in [-0.15, -0.1) is 0 Å². The highest BCUT2D eigenvalue weighted by Gasteiger charge is 2.11. The lowest BCUT2D eigenvalue weighted by Crippen LogP contribution is -2.12. The van der Waals surface area contributed by atoms with Crippen molar-refractivity contribution >= 4 is 33.4 Å². The summed E-state index contributed by atoms with van der Waals surface area (Å²) < 4.78 is 0. The van der Waals surface area contributed by atoms with Crippen molar-refractivity contribution in [3.8, 4) is 12.1 Å². The average Bonchev–Trinajstić information content (AvgIpc) is 2.78. The predicted octanol–water partition coefficient (Wildman–Crippen LogP) is 4.29. The minimum absolute atomic E-state index is 0.179. The van der Waals surface area contributed by atoms with E-state index >= 15 is 0 Å². The molecule has 0 aliphatic rings. The van der Waals surface area contributed by atoms with Crippen molar-refractivity contribution in [2.24, 2.45) is 11.5 Å². The quantitative estimate of drug-likeness (QED) is 0.349. The number of hydrogen-bond donors (Lipinski definition) is 2. The minimum atomic E-state index is -0.820. The molecule has 2 aromatic carbocycles. The molecule has 6 nitrogen and oxygen atoms in total. The highest BCUT2D eigenvalue weighted by atomic mass is 32.2. The number of nitriles is 2. The second-order valence-electron chi connectivity index (χ2n) is 7.01. The summed E-state index contributed by atoms with van der Waals surface area (Å²) >= 11 is 1.35. The first kappa shape index (κ1) is 24.9. The number of nitrogens with zero attached hydrogens (tertiary/aromatic N) is 2. The molecule has 0 radical (unpaired) electrons. The molecule has 2 amide bonds. The molecule has 164 valence electrons. The van der Waals surface area contributed by atoms with E-state index in [-0.39, 0.29) is 11.1 Å². The van der Waals surface area contributed by atoms with E-state index in [0.29, 0.717) is 0 Å². The van der Waals surface area contributed by atoms with Crippen LogP contribution in [0.5, 0.6) is 0 Å². The van der Waals surface area contributed by atoms with Crippen molar-refractivity contribution in [3.63, 3.8) is 0 Å². The Kier molecular flexibility index (Phi) is 8.99. The predicted molar refractivity (Wildman–Crippen MR) is 132 cm³/mol. The number of amides is 2. The molecule has 4 N–H and O–H groups in total. The molecule has 2 rings (SSSR count). The van der Waals surface area contributed by atoms with E-state index in [1.54, 1.807) is 24.3 Å². The first-order valence-electron chi connectivity index (χ1n) is 9.81. The molecule has 0 saturated carbocycles. The average molecular weight is 455 g/mol. The lowest BCUT2D eigenvalue weighted by Gasteiger charge is -2.12. The number of carbonyl (C=O) groups excluding carboxylic acids is 2. The van der Waals surface area contributed by atoms with E-state index in [1.807, 2.05) is 62.4 Å². The number of benzene rings is 2. The van der Waals surface area contributed by atoms with Gasteiger partial charge in [-0.05, 0) is 49.3 Å². The SMILES string of the molecule is Cc1ccc(C(=CC=C(C#N)C(N)=O)SC(=CC=C(C#N)C(N)=O)c2ccc(C)cc2)cc1. The van der Waals surface area contributed by atoms with E-state index in [4.69, 9.17) is 11.5 Å². The Morgan fingerprint density at radius 2 is 1.03 bits per heavy atom. The largest absolute Gasteiger partial charge is 0.365 e. The Hall–Kier alpha value is -4.33. The third kappa shape index (κ3) is 7.39. The molecule has 0 aromatic heterocycles. The van der Waals surface area contributed by atoms with E-state index in [2.05, 4.69) is 0 Å². The van der Waals surface area contributed by atoms with Crippen LogP contribution in [0.1, 0.15) is 22.3 Å². The van der Waals surface area contributed by atoms with Gasteiger partial charge in [-0.2, -0.15) is 10.5 Å². The Balaban J connectivity index is 2.65. The summed E-state index contributed by atoms with van der Waals surface area (Å²) in [6.07, 6.45) is 6.03. The maximum absolute atomic E-state index is 11.5. The van der Waals surface area contributed by atoms with Crippen molar-refractivity contribution in [3.05, 3.63) is 106 Å². The summed E-state index contributed by atoms with van der Waals surface area (Å²) in [6, 6.07) is 19.1. The number of nitrogens with two attached hydrogens (primary N) is 2. The van der Waals surface area contributed by atoms with Gasteiger partial charge >= 0.3 is 0 Å². The highest BCUT2D eigenvalue weighted by molar-refractivity contribution is 8.16. The van der Waals surface area contributed by atoms with E-state index in [1.165, 1.54) is 23.9 Å². The summed E-state index contributed by atoms with van der Waals surface area (Å²) in [5.41, 5.74) is 14.0. The molecule has 33 heavy (non-hydrogen) atoms. The van der Waals surface area contributed by atoms with E-state index in [9.17, 15) is 20.1 Å². The molecular formula is C26H22N4O2S. The standard InChI is InChI=1S/C26H22N4O2S/c1-17-3-7-19(8-4-17)23(13-11-21(15-27)25(29)31)33-24(14-12-22(16-28)26(30)32)20-9-5-18(2)6-10-20/h3-14H,1-2H3,(H2,29,31)(H2,30,32). The van der Waals surface area contributed by atoms with Crippen LogP contribution in [0, 0.1) is 36.5 Å². The van der Waals surface area contributed by atoms with Crippen LogP contribution in [0.25, 0.3) is 9.81 Å². The van der Waals surface area contributed by atoms with Gasteiger partial charge in [0.1, 0.15) is 23.3 Å². The maximum Gasteiger partial charge on any atom is 0.259 e. The van der Waals surface area contributed by atoms with Gasteiger partial charge < -0.3 is 11.5 Å². The molecule has 0 fully saturated rings. The van der Waals surface area contributed by atoms with Crippen molar-refractivity contribution in [2.45, 2.75) is 13.8 Å². The topological polar surface area (TPSA) is 134 Å². The van der Waals surface area contributed by atoms with Crippen molar-refractivity contribution in [2.75, 3.05) is 0 Å². The summed E-state index contributed by atoms with van der Waals surface area (Å²) in [4.78, 5) is 24.4. The van der Waals surface area contributed by atoms with E-state index in [0.717, 1.165) is 32.1 Å². The molecule has 7 heteroatoms. The molecule has 0 heterocycles. The molecule has 2 aromatic rings. The second kappa shape index (κ2) is 11.9. The van der Waals surface area contributed by atoms with Crippen LogP contribution < -0.4 is 11.5 Å². The van der Waals surface area contributed by atoms with Gasteiger partial charge in [-0.3, -0.25) is 9.59 Å². The van der Waals surface area contributed by atoms with Crippen LogP contribution >= 0.6 is 11.8 Å². The lowest BCUT2D eigenvalue weighted by molar-refractivity contribution is -0.115. The zero-order valence-corrected chi connectivity index (χ0v) is 19.0. The number of hydrogen-bond acceptors (Lipinski definition) is 5. The normalized spacial score (nSPS) is 12.6. The fourth-order valence-electron chi connectivity index (χ4n) is 2.60. The smallest absolute Gasteiger partial charge is 0.259 e. The zero-order valence-electron chi connectivity index (χ0n) is 18.2. The molecule has 0 atom stereocenters. The summed E-state index contributed by atoms with van der Waals surface area (Å²) in [7, 11) is 0. The third-order valence-electron chi connectivity index (χ3n) is 4.47. The molecule has 0 aliphatic carbocycles. The van der Waals surface area contributed by atoms with Crippen LogP contribution in [0.2, 0.25) is 0 Å². The monoisotopic (exact) mass is 454 g/mol. The fraction of sp³-hybridized carbons (Fsp3) is 0.0769. The summed E-state index contributed by atoms with van der Waals surface area (Å²) in [5.74, 6) is -1.64. The molecule has 0 bridgehead atoms. The first-order chi connectivity index (χ1) is 15.7. The van der Waals surface area contributed by atoms with Gasteiger partial charge in [0.2, 0.25) is 0 Å². The maximum atomic E-state index is 11.5. The van der Waals surface area contributed by atoms with Gasteiger partial charge in [0.05, 0.1) is 0 Å². The molecular weight excluding hydrogens is 432 g/mol. The van der Waals surface area contributed by atoms with Gasteiger partial charge in [-0.25, -0.2) is 0 Å². The molecule has 0 unspecified atom stereocenters. The van der Waals surface area contributed by atoms with Gasteiger partial charge in [0, 0.05) is 9.81 Å². The summed E-state index contributed by atoms with van der Waals surface area (Å²) in [6.45, 7) is 3.94.